The predicted molar refractivity (Wildman–Crippen MR) is 64.4 cm³/mol. The highest BCUT2D eigenvalue weighted by Gasteiger charge is 2.04. The monoisotopic (exact) mass is 233 g/mol. The van der Waals surface area contributed by atoms with Gasteiger partial charge in [0.1, 0.15) is 24.3 Å². The first kappa shape index (κ1) is 11.3. The van der Waals surface area contributed by atoms with E-state index in [0.29, 0.717) is 12.4 Å². The van der Waals surface area contributed by atoms with Gasteiger partial charge in [0.05, 0.1) is 0 Å². The van der Waals surface area contributed by atoms with Gasteiger partial charge in [-0.2, -0.15) is 5.10 Å². The van der Waals surface area contributed by atoms with E-state index < -0.39 is 0 Å². The smallest absolute Gasteiger partial charge is 0.152 e. The van der Waals surface area contributed by atoms with Crippen LogP contribution in [0.15, 0.2) is 12.7 Å². The van der Waals surface area contributed by atoms with Gasteiger partial charge in [-0.3, -0.25) is 4.68 Å². The summed E-state index contributed by atoms with van der Waals surface area (Å²) in [6, 6.07) is 0. The van der Waals surface area contributed by atoms with Crippen molar-refractivity contribution in [2.45, 2.75) is 13.3 Å². The van der Waals surface area contributed by atoms with Gasteiger partial charge in [0.2, 0.25) is 0 Å². The number of nitrogens with two attached hydrogens (primary N) is 1. The van der Waals surface area contributed by atoms with Crippen molar-refractivity contribution >= 4 is 11.6 Å². The van der Waals surface area contributed by atoms with Gasteiger partial charge < -0.3 is 11.1 Å². The van der Waals surface area contributed by atoms with Crippen LogP contribution in [-0.4, -0.2) is 31.3 Å². The maximum absolute atomic E-state index is 5.69. The first-order chi connectivity index (χ1) is 8.16. The van der Waals surface area contributed by atoms with E-state index in [-0.39, 0.29) is 0 Å². The highest BCUT2D eigenvalue weighted by molar-refractivity contribution is 5.53. The number of hydrogen-bond donors (Lipinski definition) is 2. The van der Waals surface area contributed by atoms with Crippen LogP contribution < -0.4 is 11.1 Å². The molecule has 17 heavy (non-hydrogen) atoms. The molecule has 7 heteroatoms. The number of anilines is 2. The maximum Gasteiger partial charge on any atom is 0.152 e. The molecule has 0 radical (unpaired) electrons. The van der Waals surface area contributed by atoms with Gasteiger partial charge >= 0.3 is 0 Å². The fourth-order valence-electron chi connectivity index (χ4n) is 1.43. The van der Waals surface area contributed by atoms with Gasteiger partial charge in [-0.25, -0.2) is 15.0 Å². The van der Waals surface area contributed by atoms with E-state index in [0.717, 1.165) is 23.6 Å². The number of nitrogen functional groups attached to an aromatic ring is 1. The molecule has 0 atom stereocenters. The molecule has 0 aliphatic carbocycles. The largest absolute Gasteiger partial charge is 0.383 e. The lowest BCUT2D eigenvalue weighted by Crippen LogP contribution is -2.10. The molecule has 90 valence electrons. The van der Waals surface area contributed by atoms with Crippen molar-refractivity contribution in [3.05, 3.63) is 24.0 Å². The summed E-state index contributed by atoms with van der Waals surface area (Å²) < 4.78 is 1.68. The first-order valence-corrected chi connectivity index (χ1v) is 5.32. The molecule has 0 aromatic carbocycles. The molecule has 2 heterocycles. The lowest BCUT2D eigenvalue weighted by molar-refractivity contribution is 0.741. The Labute approximate surface area is 99.1 Å². The number of aromatic nitrogens is 5. The van der Waals surface area contributed by atoms with E-state index >= 15 is 0 Å². The maximum atomic E-state index is 5.69. The van der Waals surface area contributed by atoms with Crippen molar-refractivity contribution in [3.8, 4) is 0 Å². The fraction of sp³-hybridized carbons (Fsp3) is 0.400. The molecular formula is C10H15N7. The first-order valence-electron chi connectivity index (χ1n) is 5.32. The van der Waals surface area contributed by atoms with Crippen molar-refractivity contribution in [2.24, 2.45) is 7.05 Å². The van der Waals surface area contributed by atoms with Crippen LogP contribution in [0, 0.1) is 6.92 Å². The topological polar surface area (TPSA) is 94.5 Å². The minimum Gasteiger partial charge on any atom is -0.383 e. The van der Waals surface area contributed by atoms with Crippen LogP contribution in [0.2, 0.25) is 0 Å². The Morgan fingerprint density at radius 2 is 2.18 bits per heavy atom. The van der Waals surface area contributed by atoms with E-state index in [1.807, 2.05) is 14.0 Å². The van der Waals surface area contributed by atoms with E-state index in [4.69, 9.17) is 5.73 Å². The summed E-state index contributed by atoms with van der Waals surface area (Å²) in [6.45, 7) is 2.60. The van der Waals surface area contributed by atoms with Crippen LogP contribution >= 0.6 is 0 Å². The standard InChI is InChI=1S/C10H15N7/c1-7-9(11)13-5-14-10(7)12-4-3-8-15-6-17(2)16-8/h5-6H,3-4H2,1-2H3,(H3,11,12,13,14). The number of rotatable bonds is 4. The zero-order valence-electron chi connectivity index (χ0n) is 9.88. The molecule has 0 spiro atoms. The number of aryl methyl sites for hydroxylation is 1. The Bertz CT molecular complexity index is 505. The molecule has 7 nitrogen and oxygen atoms in total. The summed E-state index contributed by atoms with van der Waals surface area (Å²) in [7, 11) is 1.85. The summed E-state index contributed by atoms with van der Waals surface area (Å²) in [5.74, 6) is 2.06. The average molecular weight is 233 g/mol. The molecule has 2 aromatic rings. The van der Waals surface area contributed by atoms with Crippen LogP contribution in [0.3, 0.4) is 0 Å². The van der Waals surface area contributed by atoms with Gasteiger partial charge in [-0.1, -0.05) is 0 Å². The average Bonchev–Trinajstić information content (AvgIpc) is 2.70. The van der Waals surface area contributed by atoms with Crippen molar-refractivity contribution in [2.75, 3.05) is 17.6 Å². The van der Waals surface area contributed by atoms with Crippen molar-refractivity contribution in [1.82, 2.24) is 24.7 Å². The quantitative estimate of drug-likeness (QED) is 0.780. The fourth-order valence-corrected chi connectivity index (χ4v) is 1.43. The van der Waals surface area contributed by atoms with E-state index in [2.05, 4.69) is 25.4 Å². The van der Waals surface area contributed by atoms with E-state index in [1.165, 1.54) is 6.33 Å². The zero-order valence-corrected chi connectivity index (χ0v) is 9.88. The van der Waals surface area contributed by atoms with Gasteiger partial charge in [-0.05, 0) is 6.92 Å². The Balaban J connectivity index is 1.92. The van der Waals surface area contributed by atoms with Crippen LogP contribution in [0.25, 0.3) is 0 Å². The van der Waals surface area contributed by atoms with Crippen LogP contribution in [0.4, 0.5) is 11.6 Å². The third kappa shape index (κ3) is 2.68. The van der Waals surface area contributed by atoms with Gasteiger partial charge in [0, 0.05) is 25.6 Å². The number of nitrogens with one attached hydrogen (secondary N) is 1. The highest BCUT2D eigenvalue weighted by atomic mass is 15.3. The van der Waals surface area contributed by atoms with E-state index in [1.54, 1.807) is 11.0 Å². The lowest BCUT2D eigenvalue weighted by atomic mass is 10.3. The van der Waals surface area contributed by atoms with Gasteiger partial charge in [0.25, 0.3) is 0 Å². The number of nitrogens with zero attached hydrogens (tertiary/aromatic N) is 5. The summed E-state index contributed by atoms with van der Waals surface area (Å²) >= 11 is 0. The Hall–Kier alpha value is -2.18. The van der Waals surface area contributed by atoms with Gasteiger partial charge in [-0.15, -0.1) is 0 Å². The number of hydrogen-bond acceptors (Lipinski definition) is 6. The minimum absolute atomic E-state index is 0.499. The molecule has 0 amide bonds. The molecule has 0 saturated carbocycles. The summed E-state index contributed by atoms with van der Waals surface area (Å²) in [5.41, 5.74) is 6.55. The van der Waals surface area contributed by atoms with Crippen LogP contribution in [0.5, 0.6) is 0 Å². The van der Waals surface area contributed by atoms with Crippen molar-refractivity contribution in [3.63, 3.8) is 0 Å². The summed E-state index contributed by atoms with van der Waals surface area (Å²) in [5, 5.41) is 7.38. The van der Waals surface area contributed by atoms with Crippen molar-refractivity contribution < 1.29 is 0 Å². The summed E-state index contributed by atoms with van der Waals surface area (Å²) in [4.78, 5) is 12.2. The molecule has 3 N–H and O–H groups in total. The second kappa shape index (κ2) is 4.77. The lowest BCUT2D eigenvalue weighted by Gasteiger charge is -2.07. The molecule has 2 aromatic heterocycles. The molecule has 0 bridgehead atoms. The summed E-state index contributed by atoms with van der Waals surface area (Å²) in [6.07, 6.45) is 3.87. The molecule has 2 rings (SSSR count). The molecule has 0 unspecified atom stereocenters. The minimum atomic E-state index is 0.499. The second-order valence-corrected chi connectivity index (χ2v) is 3.74. The predicted octanol–water partition coefficient (Wildman–Crippen LogP) is 0.150. The van der Waals surface area contributed by atoms with Crippen LogP contribution in [-0.2, 0) is 13.5 Å². The SMILES string of the molecule is Cc1c(N)ncnc1NCCc1ncn(C)n1. The Kier molecular flexibility index (Phi) is 3.17. The van der Waals surface area contributed by atoms with Crippen molar-refractivity contribution in [1.29, 1.82) is 0 Å². The van der Waals surface area contributed by atoms with E-state index in [9.17, 15) is 0 Å². The molecule has 0 saturated heterocycles. The Morgan fingerprint density at radius 1 is 1.35 bits per heavy atom. The third-order valence-electron chi connectivity index (χ3n) is 2.41. The highest BCUT2D eigenvalue weighted by Crippen LogP contribution is 2.14. The molecule has 0 fully saturated rings. The molecular weight excluding hydrogens is 218 g/mol. The zero-order chi connectivity index (χ0) is 12.3. The van der Waals surface area contributed by atoms with Crippen LogP contribution in [0.1, 0.15) is 11.4 Å². The second-order valence-electron chi connectivity index (χ2n) is 3.74. The molecule has 0 aliphatic heterocycles. The third-order valence-corrected chi connectivity index (χ3v) is 2.41. The van der Waals surface area contributed by atoms with Gasteiger partial charge in [0.15, 0.2) is 5.82 Å². The Morgan fingerprint density at radius 3 is 2.88 bits per heavy atom. The normalized spacial score (nSPS) is 10.5. The molecule has 0 aliphatic rings.